The Balaban J connectivity index is 2.47. The molecule has 8 heteroatoms. The minimum atomic E-state index is -0.911. The van der Waals surface area contributed by atoms with Gasteiger partial charge in [0.25, 0.3) is 5.56 Å². The molecule has 0 aliphatic carbocycles. The molecule has 0 saturated carbocycles. The molecule has 1 aromatic carbocycles. The zero-order valence-corrected chi connectivity index (χ0v) is 13.2. The fourth-order valence-corrected chi connectivity index (χ4v) is 2.61. The van der Waals surface area contributed by atoms with Crippen LogP contribution in [0.25, 0.3) is 10.9 Å². The smallest absolute Gasteiger partial charge is 0.313 e. The molecular weight excluding hydrogens is 308 g/mol. The number of ether oxygens (including phenoxy) is 2. The number of thioether (sulfide) groups is 1. The van der Waals surface area contributed by atoms with Gasteiger partial charge in [-0.05, 0) is 13.0 Å². The van der Waals surface area contributed by atoms with E-state index in [0.717, 1.165) is 0 Å². The number of aliphatic carboxylic acids is 1. The maximum Gasteiger partial charge on any atom is 0.313 e. The number of aromatic nitrogens is 2. The van der Waals surface area contributed by atoms with E-state index < -0.39 is 5.97 Å². The first-order chi connectivity index (χ1) is 10.5. The lowest BCUT2D eigenvalue weighted by Gasteiger charge is -2.12. The summed E-state index contributed by atoms with van der Waals surface area (Å²) in [5.74, 6) is 0.380. The van der Waals surface area contributed by atoms with Gasteiger partial charge in [0.1, 0.15) is 5.82 Å². The minimum absolute atomic E-state index is 0.0607. The molecule has 0 spiro atoms. The molecule has 1 unspecified atom stereocenters. The summed E-state index contributed by atoms with van der Waals surface area (Å²) >= 11 is 1.18. The molecule has 0 bridgehead atoms. The fraction of sp³-hybridized carbons (Fsp3) is 0.357. The number of hydrogen-bond acceptors (Lipinski definition) is 6. The number of carboxylic acids is 1. The highest BCUT2D eigenvalue weighted by Crippen LogP contribution is 2.31. The van der Waals surface area contributed by atoms with E-state index in [4.69, 9.17) is 14.6 Å². The van der Waals surface area contributed by atoms with Crippen LogP contribution in [0.4, 0.5) is 0 Å². The van der Waals surface area contributed by atoms with E-state index in [-0.39, 0.29) is 16.6 Å². The molecule has 22 heavy (non-hydrogen) atoms. The van der Waals surface area contributed by atoms with Gasteiger partial charge in [0.05, 0.1) is 36.1 Å². The van der Waals surface area contributed by atoms with Crippen molar-refractivity contribution >= 4 is 28.6 Å². The second kappa shape index (κ2) is 6.69. The van der Waals surface area contributed by atoms with Crippen molar-refractivity contribution in [1.29, 1.82) is 0 Å². The molecule has 1 heterocycles. The van der Waals surface area contributed by atoms with Gasteiger partial charge < -0.3 is 19.6 Å². The summed E-state index contributed by atoms with van der Waals surface area (Å²) < 4.78 is 10.4. The summed E-state index contributed by atoms with van der Waals surface area (Å²) in [4.78, 5) is 29.9. The number of nitrogens with zero attached hydrogens (tertiary/aromatic N) is 1. The van der Waals surface area contributed by atoms with Crippen molar-refractivity contribution in [3.05, 3.63) is 28.3 Å². The lowest BCUT2D eigenvalue weighted by atomic mass is 10.2. The topological polar surface area (TPSA) is 102 Å². The Morgan fingerprint density at radius 1 is 1.36 bits per heavy atom. The van der Waals surface area contributed by atoms with Gasteiger partial charge in [-0.2, -0.15) is 0 Å². The summed E-state index contributed by atoms with van der Waals surface area (Å²) in [5, 5.41) is 8.86. The Kier molecular flexibility index (Phi) is 4.92. The summed E-state index contributed by atoms with van der Waals surface area (Å²) in [6.07, 6.45) is 0. The van der Waals surface area contributed by atoms with E-state index >= 15 is 0 Å². The van der Waals surface area contributed by atoms with Crippen molar-refractivity contribution in [2.24, 2.45) is 0 Å². The van der Waals surface area contributed by atoms with E-state index in [1.54, 1.807) is 19.1 Å². The second-order valence-electron chi connectivity index (χ2n) is 4.52. The predicted molar refractivity (Wildman–Crippen MR) is 84.0 cm³/mol. The van der Waals surface area contributed by atoms with Crippen LogP contribution in [0.5, 0.6) is 11.5 Å². The van der Waals surface area contributed by atoms with Crippen molar-refractivity contribution < 1.29 is 19.4 Å². The second-order valence-corrected chi connectivity index (χ2v) is 5.85. The fourth-order valence-electron chi connectivity index (χ4n) is 1.95. The van der Waals surface area contributed by atoms with Crippen LogP contribution in [0, 0.1) is 0 Å². The molecule has 2 aromatic rings. The molecule has 0 fully saturated rings. The van der Waals surface area contributed by atoms with Gasteiger partial charge in [0.2, 0.25) is 0 Å². The van der Waals surface area contributed by atoms with Crippen LogP contribution in [0.2, 0.25) is 0 Å². The quantitative estimate of drug-likeness (QED) is 0.835. The molecular formula is C14H16N2O5S. The van der Waals surface area contributed by atoms with E-state index in [2.05, 4.69) is 9.97 Å². The maximum atomic E-state index is 12.2. The van der Waals surface area contributed by atoms with Crippen LogP contribution >= 0.6 is 11.8 Å². The zero-order chi connectivity index (χ0) is 16.3. The maximum absolute atomic E-state index is 12.2. The van der Waals surface area contributed by atoms with Crippen molar-refractivity contribution in [2.75, 3.05) is 20.0 Å². The van der Waals surface area contributed by atoms with Crippen molar-refractivity contribution in [3.8, 4) is 11.5 Å². The molecule has 7 nitrogen and oxygen atoms in total. The minimum Gasteiger partial charge on any atom is -0.493 e. The lowest BCUT2D eigenvalue weighted by Crippen LogP contribution is -2.14. The number of nitrogens with one attached hydrogen (secondary N) is 1. The first-order valence-corrected chi connectivity index (χ1v) is 7.50. The Bertz CT molecular complexity index is 759. The Morgan fingerprint density at radius 2 is 2.00 bits per heavy atom. The van der Waals surface area contributed by atoms with Gasteiger partial charge >= 0.3 is 5.97 Å². The third-order valence-corrected chi connectivity index (χ3v) is 4.21. The summed E-state index contributed by atoms with van der Waals surface area (Å²) in [6.45, 7) is 1.79. The molecule has 1 atom stereocenters. The zero-order valence-electron chi connectivity index (χ0n) is 12.4. The number of fused-ring (bicyclic) bond motifs is 1. The summed E-state index contributed by atoms with van der Waals surface area (Å²) in [5.41, 5.74) is 0.169. The monoisotopic (exact) mass is 324 g/mol. The van der Waals surface area contributed by atoms with Crippen LogP contribution in [0.3, 0.4) is 0 Å². The number of benzene rings is 1. The Hall–Kier alpha value is -2.22. The number of hydrogen-bond donors (Lipinski definition) is 2. The van der Waals surface area contributed by atoms with Gasteiger partial charge in [-0.3, -0.25) is 9.59 Å². The first-order valence-electron chi connectivity index (χ1n) is 6.45. The molecule has 0 amide bonds. The molecule has 1 aromatic heterocycles. The van der Waals surface area contributed by atoms with Crippen LogP contribution in [0.1, 0.15) is 18.0 Å². The lowest BCUT2D eigenvalue weighted by molar-refractivity contribution is -0.133. The van der Waals surface area contributed by atoms with Crippen molar-refractivity contribution in [3.63, 3.8) is 0 Å². The van der Waals surface area contributed by atoms with Crippen molar-refractivity contribution in [1.82, 2.24) is 9.97 Å². The van der Waals surface area contributed by atoms with E-state index in [0.29, 0.717) is 28.2 Å². The highest BCUT2D eigenvalue weighted by molar-refractivity contribution is 8.00. The molecule has 0 saturated heterocycles. The number of carbonyl (C=O) groups is 1. The number of aromatic amines is 1. The normalized spacial score (nSPS) is 12.1. The SMILES string of the molecule is COc1cc2nc(C(C)SCC(=O)O)[nH]c(=O)c2cc1OC. The third kappa shape index (κ3) is 3.33. The molecule has 2 rings (SSSR count). The van der Waals surface area contributed by atoms with Crippen LogP contribution < -0.4 is 15.0 Å². The van der Waals surface area contributed by atoms with Gasteiger partial charge in [-0.25, -0.2) is 4.98 Å². The first kappa shape index (κ1) is 16.2. The Labute approximate surface area is 130 Å². The third-order valence-electron chi connectivity index (χ3n) is 3.07. The van der Waals surface area contributed by atoms with E-state index in [1.165, 1.54) is 26.0 Å². The largest absolute Gasteiger partial charge is 0.493 e. The molecule has 0 aliphatic rings. The average molecular weight is 324 g/mol. The number of rotatable bonds is 6. The van der Waals surface area contributed by atoms with Crippen LogP contribution in [0.15, 0.2) is 16.9 Å². The van der Waals surface area contributed by atoms with E-state index in [9.17, 15) is 9.59 Å². The van der Waals surface area contributed by atoms with Crippen LogP contribution in [-0.4, -0.2) is 41.0 Å². The van der Waals surface area contributed by atoms with Gasteiger partial charge in [-0.15, -0.1) is 11.8 Å². The van der Waals surface area contributed by atoms with Gasteiger partial charge in [0, 0.05) is 6.07 Å². The van der Waals surface area contributed by atoms with Gasteiger partial charge in [0.15, 0.2) is 11.5 Å². The number of H-pyrrole nitrogens is 1. The average Bonchev–Trinajstić information content (AvgIpc) is 2.51. The Morgan fingerprint density at radius 3 is 2.59 bits per heavy atom. The van der Waals surface area contributed by atoms with Crippen molar-refractivity contribution in [2.45, 2.75) is 12.2 Å². The van der Waals surface area contributed by atoms with Crippen LogP contribution in [-0.2, 0) is 4.79 Å². The highest BCUT2D eigenvalue weighted by Gasteiger charge is 2.15. The number of methoxy groups -OCH3 is 2. The molecule has 2 N–H and O–H groups in total. The molecule has 0 radical (unpaired) electrons. The summed E-state index contributed by atoms with van der Waals surface area (Å²) in [7, 11) is 2.99. The highest BCUT2D eigenvalue weighted by atomic mass is 32.2. The predicted octanol–water partition coefficient (Wildman–Crippen LogP) is 1.82. The molecule has 118 valence electrons. The number of carboxylic acid groups (broad SMARTS) is 1. The molecule has 0 aliphatic heterocycles. The van der Waals surface area contributed by atoms with Gasteiger partial charge in [-0.1, -0.05) is 0 Å². The van der Waals surface area contributed by atoms with E-state index in [1.807, 2.05) is 0 Å². The standard InChI is InChI=1S/C14H16N2O5S/c1-7(22-6-12(17)18)13-15-9-5-11(21-3)10(20-2)4-8(9)14(19)16-13/h4-5,7H,6H2,1-3H3,(H,17,18)(H,15,16,19). The summed E-state index contributed by atoms with van der Waals surface area (Å²) in [6, 6.07) is 3.19.